The Morgan fingerprint density at radius 2 is 1.17 bits per heavy atom. The smallest absolute Gasteiger partial charge is 0.0466 e. The zero-order chi connectivity index (χ0) is 8.36. The summed E-state index contributed by atoms with van der Waals surface area (Å²) in [5.74, 6) is 0. The number of ether oxygens (including phenoxy) is 1. The van der Waals surface area contributed by atoms with Crippen LogP contribution in [-0.4, -0.2) is 30.8 Å². The SMILES string of the molecule is CCCCCOCCCCC.[Ge]. The zero-order valence-electron chi connectivity index (χ0n) is 8.57. The number of hydrogen-bond donors (Lipinski definition) is 0. The molecule has 0 saturated carbocycles. The molecule has 0 bridgehead atoms. The number of rotatable bonds is 8. The molecule has 2 heteroatoms. The molecule has 0 rings (SSSR count). The van der Waals surface area contributed by atoms with Gasteiger partial charge < -0.3 is 4.74 Å². The molecule has 4 radical (unpaired) electrons. The van der Waals surface area contributed by atoms with Gasteiger partial charge in [0.2, 0.25) is 0 Å². The third-order valence-electron chi connectivity index (χ3n) is 1.78. The van der Waals surface area contributed by atoms with Gasteiger partial charge >= 0.3 is 0 Å². The summed E-state index contributed by atoms with van der Waals surface area (Å²) in [7, 11) is 0. The minimum atomic E-state index is 0. The fourth-order valence-corrected chi connectivity index (χ4v) is 1.01. The monoisotopic (exact) mass is 232 g/mol. The van der Waals surface area contributed by atoms with E-state index in [2.05, 4.69) is 13.8 Å². The van der Waals surface area contributed by atoms with Crippen molar-refractivity contribution in [1.29, 1.82) is 0 Å². The van der Waals surface area contributed by atoms with Crippen molar-refractivity contribution in [3.05, 3.63) is 0 Å². The van der Waals surface area contributed by atoms with E-state index in [1.807, 2.05) is 0 Å². The summed E-state index contributed by atoms with van der Waals surface area (Å²) >= 11 is 0. The first-order valence-corrected chi connectivity index (χ1v) is 4.99. The van der Waals surface area contributed by atoms with E-state index in [1.54, 1.807) is 0 Å². The average molecular weight is 231 g/mol. The Morgan fingerprint density at radius 3 is 1.50 bits per heavy atom. The van der Waals surface area contributed by atoms with Crippen molar-refractivity contribution in [3.63, 3.8) is 0 Å². The Kier molecular flexibility index (Phi) is 17.6. The first kappa shape index (κ1) is 15.0. The van der Waals surface area contributed by atoms with Gasteiger partial charge in [-0.2, -0.15) is 0 Å². The quantitative estimate of drug-likeness (QED) is 0.460. The van der Waals surface area contributed by atoms with E-state index in [0.29, 0.717) is 0 Å². The van der Waals surface area contributed by atoms with E-state index in [-0.39, 0.29) is 17.6 Å². The molecule has 0 N–H and O–H groups in total. The second kappa shape index (κ2) is 14.1. The van der Waals surface area contributed by atoms with Crippen molar-refractivity contribution < 1.29 is 4.74 Å². The molecule has 0 aromatic heterocycles. The summed E-state index contributed by atoms with van der Waals surface area (Å²) in [6.45, 7) is 6.38. The Labute approximate surface area is 88.2 Å². The van der Waals surface area contributed by atoms with Gasteiger partial charge in [0.05, 0.1) is 0 Å². The Hall–Kier alpha value is 0.503. The molecule has 0 atom stereocenters. The van der Waals surface area contributed by atoms with Gasteiger partial charge in [-0.15, -0.1) is 0 Å². The Bertz CT molecular complexity index is 58.9. The Morgan fingerprint density at radius 1 is 0.750 bits per heavy atom. The molecule has 0 aliphatic heterocycles. The largest absolute Gasteiger partial charge is 0.381 e. The molecule has 0 aliphatic rings. The predicted molar refractivity (Wildman–Crippen MR) is 55.6 cm³/mol. The Balaban J connectivity index is 0. The van der Waals surface area contributed by atoms with E-state index in [9.17, 15) is 0 Å². The summed E-state index contributed by atoms with van der Waals surface area (Å²) < 4.78 is 5.44. The van der Waals surface area contributed by atoms with Crippen LogP contribution in [0, 0.1) is 0 Å². The second-order valence-corrected chi connectivity index (χ2v) is 3.03. The first-order chi connectivity index (χ1) is 5.41. The molecule has 0 heterocycles. The van der Waals surface area contributed by atoms with Crippen molar-refractivity contribution >= 4 is 17.6 Å². The van der Waals surface area contributed by atoms with E-state index >= 15 is 0 Å². The molecule has 0 aromatic carbocycles. The molecule has 0 unspecified atom stereocenters. The summed E-state index contributed by atoms with van der Waals surface area (Å²) in [4.78, 5) is 0. The maximum atomic E-state index is 5.44. The summed E-state index contributed by atoms with van der Waals surface area (Å²) in [5, 5.41) is 0. The van der Waals surface area contributed by atoms with Crippen molar-refractivity contribution in [3.8, 4) is 0 Å². The minimum Gasteiger partial charge on any atom is -0.381 e. The zero-order valence-corrected chi connectivity index (χ0v) is 10.7. The molecule has 0 spiro atoms. The van der Waals surface area contributed by atoms with Gasteiger partial charge in [-0.25, -0.2) is 0 Å². The van der Waals surface area contributed by atoms with Crippen LogP contribution in [0.2, 0.25) is 0 Å². The minimum absolute atomic E-state index is 0. The van der Waals surface area contributed by atoms with Gasteiger partial charge in [-0.3, -0.25) is 0 Å². The predicted octanol–water partition coefficient (Wildman–Crippen LogP) is 3.00. The van der Waals surface area contributed by atoms with Crippen molar-refractivity contribution in [2.75, 3.05) is 13.2 Å². The average Bonchev–Trinajstić information content (AvgIpc) is 2.03. The van der Waals surface area contributed by atoms with Gasteiger partial charge in [-0.05, 0) is 12.8 Å². The number of unbranched alkanes of at least 4 members (excludes halogenated alkanes) is 4. The first-order valence-electron chi connectivity index (χ1n) is 4.99. The summed E-state index contributed by atoms with van der Waals surface area (Å²) in [5.41, 5.74) is 0. The molecule has 12 heavy (non-hydrogen) atoms. The third kappa shape index (κ3) is 13.1. The third-order valence-corrected chi connectivity index (χ3v) is 1.78. The molecule has 0 fully saturated rings. The van der Waals surface area contributed by atoms with Crippen LogP contribution < -0.4 is 0 Å². The van der Waals surface area contributed by atoms with Crippen LogP contribution in [0.3, 0.4) is 0 Å². The fourth-order valence-electron chi connectivity index (χ4n) is 1.01. The summed E-state index contributed by atoms with van der Waals surface area (Å²) in [6, 6.07) is 0. The van der Waals surface area contributed by atoms with Crippen LogP contribution in [0.1, 0.15) is 52.4 Å². The summed E-state index contributed by atoms with van der Waals surface area (Å²) in [6.07, 6.45) is 7.68. The van der Waals surface area contributed by atoms with E-state index < -0.39 is 0 Å². The van der Waals surface area contributed by atoms with E-state index in [4.69, 9.17) is 4.74 Å². The molecule has 0 aliphatic carbocycles. The van der Waals surface area contributed by atoms with Gasteiger partial charge in [-0.1, -0.05) is 39.5 Å². The van der Waals surface area contributed by atoms with Crippen LogP contribution in [0.15, 0.2) is 0 Å². The van der Waals surface area contributed by atoms with Crippen LogP contribution in [0.25, 0.3) is 0 Å². The molecule has 0 saturated heterocycles. The molecular weight excluding hydrogens is 209 g/mol. The second-order valence-electron chi connectivity index (χ2n) is 3.03. The van der Waals surface area contributed by atoms with E-state index in [0.717, 1.165) is 13.2 Å². The van der Waals surface area contributed by atoms with E-state index in [1.165, 1.54) is 38.5 Å². The van der Waals surface area contributed by atoms with Crippen molar-refractivity contribution in [2.24, 2.45) is 0 Å². The van der Waals surface area contributed by atoms with Gasteiger partial charge in [0.25, 0.3) is 0 Å². The van der Waals surface area contributed by atoms with Gasteiger partial charge in [0.15, 0.2) is 0 Å². The van der Waals surface area contributed by atoms with Crippen molar-refractivity contribution in [2.45, 2.75) is 52.4 Å². The topological polar surface area (TPSA) is 9.23 Å². The molecule has 72 valence electrons. The van der Waals surface area contributed by atoms with Crippen LogP contribution >= 0.6 is 0 Å². The molecular formula is C10H22GeO. The fraction of sp³-hybridized carbons (Fsp3) is 1.00. The standard InChI is InChI=1S/C10H22O.Ge/c1-3-5-7-9-11-10-8-6-4-2;/h3-10H2,1-2H3;. The maximum absolute atomic E-state index is 5.44. The van der Waals surface area contributed by atoms with Crippen LogP contribution in [-0.2, 0) is 4.74 Å². The molecule has 0 aromatic rings. The van der Waals surface area contributed by atoms with Gasteiger partial charge in [0.1, 0.15) is 0 Å². The molecule has 0 amide bonds. The van der Waals surface area contributed by atoms with Crippen LogP contribution in [0.4, 0.5) is 0 Å². The van der Waals surface area contributed by atoms with Crippen LogP contribution in [0.5, 0.6) is 0 Å². The number of hydrogen-bond acceptors (Lipinski definition) is 1. The maximum Gasteiger partial charge on any atom is 0.0466 e. The van der Waals surface area contributed by atoms with Gasteiger partial charge in [0, 0.05) is 30.8 Å². The van der Waals surface area contributed by atoms with Crippen molar-refractivity contribution in [1.82, 2.24) is 0 Å². The normalized spacial score (nSPS) is 9.50. The molecule has 1 nitrogen and oxygen atoms in total.